The summed E-state index contributed by atoms with van der Waals surface area (Å²) in [7, 11) is 1.85. The second-order valence-electron chi connectivity index (χ2n) is 9.01. The van der Waals surface area contributed by atoms with Gasteiger partial charge in [-0.1, -0.05) is 26.7 Å². The fourth-order valence-corrected chi connectivity index (χ4v) is 4.52. The zero-order chi connectivity index (χ0) is 25.0. The van der Waals surface area contributed by atoms with Crippen LogP contribution in [0.15, 0.2) is 18.2 Å². The van der Waals surface area contributed by atoms with Crippen LogP contribution in [0.3, 0.4) is 0 Å². The van der Waals surface area contributed by atoms with Crippen LogP contribution in [-0.2, 0) is 20.0 Å². The third kappa shape index (κ3) is 5.11. The number of amides is 2. The highest BCUT2D eigenvalue weighted by Gasteiger charge is 2.27. The van der Waals surface area contributed by atoms with Crippen LogP contribution in [0.5, 0.6) is 0 Å². The van der Waals surface area contributed by atoms with E-state index in [1.165, 1.54) is 4.90 Å². The Balaban J connectivity index is 2.04. The second kappa shape index (κ2) is 10.8. The normalized spacial score (nSPS) is 13.0. The van der Waals surface area contributed by atoms with E-state index in [4.69, 9.17) is 0 Å². The van der Waals surface area contributed by atoms with Crippen molar-refractivity contribution < 1.29 is 24.6 Å². The Bertz CT molecular complexity index is 1080. The van der Waals surface area contributed by atoms with Crippen LogP contribution in [-0.4, -0.2) is 62.2 Å². The van der Waals surface area contributed by atoms with E-state index in [-0.39, 0.29) is 18.0 Å². The zero-order valence-electron chi connectivity index (χ0n) is 20.6. The molecule has 2 N–H and O–H groups in total. The van der Waals surface area contributed by atoms with Gasteiger partial charge in [-0.15, -0.1) is 0 Å². The summed E-state index contributed by atoms with van der Waals surface area (Å²) < 4.78 is 1.88. The van der Waals surface area contributed by atoms with E-state index < -0.39 is 12.1 Å². The van der Waals surface area contributed by atoms with Crippen LogP contribution < -0.4 is 0 Å². The fraction of sp³-hybridized carbons (Fsp3) is 0.500. The van der Waals surface area contributed by atoms with Gasteiger partial charge < -0.3 is 24.6 Å². The summed E-state index contributed by atoms with van der Waals surface area (Å²) in [5.74, 6) is -1.10. The number of carboxylic acids is 1. The van der Waals surface area contributed by atoms with Gasteiger partial charge >= 0.3 is 12.1 Å². The van der Waals surface area contributed by atoms with Gasteiger partial charge in [-0.25, -0.2) is 9.59 Å². The van der Waals surface area contributed by atoms with Crippen molar-refractivity contribution in [3.8, 4) is 11.3 Å². The largest absolute Gasteiger partial charge is 0.478 e. The molecule has 8 nitrogen and oxygen atoms in total. The van der Waals surface area contributed by atoms with Gasteiger partial charge in [0.1, 0.15) is 0 Å². The summed E-state index contributed by atoms with van der Waals surface area (Å²) in [5.41, 5.74) is 4.37. The number of unbranched alkanes of at least 4 members (excludes halogenated alkanes) is 2. The second-order valence-corrected chi connectivity index (χ2v) is 9.01. The van der Waals surface area contributed by atoms with Crippen molar-refractivity contribution in [2.75, 3.05) is 19.6 Å². The van der Waals surface area contributed by atoms with Gasteiger partial charge in [0.2, 0.25) is 0 Å². The van der Waals surface area contributed by atoms with Gasteiger partial charge in [-0.05, 0) is 55.5 Å². The monoisotopic (exact) mass is 469 g/mol. The molecule has 0 radical (unpaired) electrons. The predicted molar refractivity (Wildman–Crippen MR) is 130 cm³/mol. The van der Waals surface area contributed by atoms with Crippen molar-refractivity contribution in [1.29, 1.82) is 0 Å². The molecule has 1 aliphatic rings. The Kier molecular flexibility index (Phi) is 8.02. The maximum absolute atomic E-state index is 13.5. The van der Waals surface area contributed by atoms with Crippen LogP contribution in [0.1, 0.15) is 77.1 Å². The van der Waals surface area contributed by atoms with Crippen LogP contribution in [0.25, 0.3) is 11.3 Å². The molecular weight excluding hydrogens is 434 g/mol. The Morgan fingerprint density at radius 3 is 2.18 bits per heavy atom. The Morgan fingerprint density at radius 1 is 0.971 bits per heavy atom. The fourth-order valence-electron chi connectivity index (χ4n) is 4.52. The molecule has 2 heterocycles. The van der Waals surface area contributed by atoms with E-state index in [0.717, 1.165) is 36.9 Å². The molecule has 34 heavy (non-hydrogen) atoms. The summed E-state index contributed by atoms with van der Waals surface area (Å²) in [6.07, 6.45) is 3.40. The topological polar surface area (TPSA) is 103 Å². The van der Waals surface area contributed by atoms with Crippen molar-refractivity contribution in [3.05, 3.63) is 46.1 Å². The molecule has 1 aromatic heterocycles. The summed E-state index contributed by atoms with van der Waals surface area (Å²) >= 11 is 0. The maximum Gasteiger partial charge on any atom is 0.407 e. The molecule has 8 heteroatoms. The van der Waals surface area contributed by atoms with E-state index >= 15 is 0 Å². The molecule has 0 saturated carbocycles. The molecule has 0 bridgehead atoms. The van der Waals surface area contributed by atoms with Crippen molar-refractivity contribution in [2.45, 2.75) is 59.4 Å². The number of rotatable bonds is 9. The van der Waals surface area contributed by atoms with Gasteiger partial charge in [0.15, 0.2) is 0 Å². The highest BCUT2D eigenvalue weighted by atomic mass is 16.4. The highest BCUT2D eigenvalue weighted by molar-refractivity contribution is 6.00. The molecule has 2 amide bonds. The summed E-state index contributed by atoms with van der Waals surface area (Å²) in [6, 6.07) is 5.25. The number of aromatic nitrogens is 1. The Morgan fingerprint density at radius 2 is 1.62 bits per heavy atom. The Hall–Kier alpha value is -3.29. The number of benzene rings is 1. The number of hydrogen-bond acceptors (Lipinski definition) is 3. The average molecular weight is 470 g/mol. The minimum absolute atomic E-state index is 0.0202. The van der Waals surface area contributed by atoms with Gasteiger partial charge in [0, 0.05) is 50.2 Å². The van der Waals surface area contributed by atoms with Gasteiger partial charge in [-0.3, -0.25) is 4.79 Å². The molecule has 0 fully saturated rings. The molecule has 0 saturated heterocycles. The number of fused-ring (bicyclic) bond motifs is 1. The number of nitrogens with zero attached hydrogens (tertiary/aromatic N) is 3. The molecule has 2 aromatic rings. The number of carbonyl (C=O) groups excluding carboxylic acids is 1. The number of carboxylic acid groups (broad SMARTS) is 2. The smallest absolute Gasteiger partial charge is 0.407 e. The molecule has 0 atom stereocenters. The molecule has 0 unspecified atom stereocenters. The number of hydrogen-bond donors (Lipinski definition) is 2. The third-order valence-corrected chi connectivity index (χ3v) is 6.75. The van der Waals surface area contributed by atoms with Crippen LogP contribution in [0, 0.1) is 6.92 Å². The van der Waals surface area contributed by atoms with Gasteiger partial charge in [0.25, 0.3) is 5.91 Å². The summed E-state index contributed by atoms with van der Waals surface area (Å²) in [5, 5.41) is 19.3. The quantitative estimate of drug-likeness (QED) is 0.550. The lowest BCUT2D eigenvalue weighted by atomic mass is 9.92. The van der Waals surface area contributed by atoms with E-state index in [1.54, 1.807) is 6.07 Å². The number of aromatic carboxylic acids is 1. The lowest BCUT2D eigenvalue weighted by Crippen LogP contribution is -2.35. The van der Waals surface area contributed by atoms with Crippen LogP contribution in [0.4, 0.5) is 4.79 Å². The van der Waals surface area contributed by atoms with Gasteiger partial charge in [-0.2, -0.15) is 0 Å². The standard InChI is InChI=1S/C26H35N3O5/c1-5-7-10-28(11-8-6-2)24(30)20-15-23(27(4)17(20)3)21-13-18-9-12-29(26(33)34)16-19(18)14-22(21)25(31)32/h13-15H,5-12,16H2,1-4H3,(H,31,32)(H,33,34). The van der Waals surface area contributed by atoms with E-state index in [0.29, 0.717) is 48.4 Å². The first-order valence-corrected chi connectivity index (χ1v) is 12.0. The summed E-state index contributed by atoms with van der Waals surface area (Å²) in [6.45, 7) is 8.05. The average Bonchev–Trinajstić information content (AvgIpc) is 3.11. The summed E-state index contributed by atoms with van der Waals surface area (Å²) in [4.78, 5) is 40.2. The zero-order valence-corrected chi connectivity index (χ0v) is 20.6. The molecule has 1 aliphatic heterocycles. The maximum atomic E-state index is 13.5. The number of carbonyl (C=O) groups is 3. The highest BCUT2D eigenvalue weighted by Crippen LogP contribution is 2.33. The molecule has 184 valence electrons. The molecular formula is C26H35N3O5. The van der Waals surface area contributed by atoms with Crippen molar-refractivity contribution in [2.24, 2.45) is 7.05 Å². The Labute approximate surface area is 200 Å². The first-order chi connectivity index (χ1) is 16.2. The molecule has 1 aromatic carbocycles. The van der Waals surface area contributed by atoms with Crippen LogP contribution in [0.2, 0.25) is 0 Å². The first-order valence-electron chi connectivity index (χ1n) is 12.0. The SMILES string of the molecule is CCCCN(CCCC)C(=O)c1cc(-c2cc3c(cc2C(=O)O)CN(C(=O)O)CC3)n(C)c1C. The predicted octanol–water partition coefficient (Wildman–Crippen LogP) is 4.78. The minimum atomic E-state index is -1.08. The van der Waals surface area contributed by atoms with Gasteiger partial charge in [0.05, 0.1) is 11.1 Å². The molecule has 0 aliphatic carbocycles. The lowest BCUT2D eigenvalue weighted by Gasteiger charge is -2.27. The van der Waals surface area contributed by atoms with E-state index in [2.05, 4.69) is 13.8 Å². The van der Waals surface area contributed by atoms with Crippen molar-refractivity contribution in [3.63, 3.8) is 0 Å². The van der Waals surface area contributed by atoms with E-state index in [9.17, 15) is 24.6 Å². The third-order valence-electron chi connectivity index (χ3n) is 6.75. The lowest BCUT2D eigenvalue weighted by molar-refractivity contribution is 0.0696. The van der Waals surface area contributed by atoms with Crippen LogP contribution >= 0.6 is 0 Å². The molecule has 3 rings (SSSR count). The van der Waals surface area contributed by atoms with Crippen molar-refractivity contribution >= 4 is 18.0 Å². The van der Waals surface area contributed by atoms with Crippen molar-refractivity contribution in [1.82, 2.24) is 14.4 Å². The molecule has 0 spiro atoms. The van der Waals surface area contributed by atoms with E-state index in [1.807, 2.05) is 35.6 Å². The first kappa shape index (κ1) is 25.3. The minimum Gasteiger partial charge on any atom is -0.478 e.